The van der Waals surface area contributed by atoms with Crippen molar-refractivity contribution >= 4 is 23.2 Å². The SMILES string of the molecule is CN1c2cc(C(=O)Nc3cccc(C(F)(F)F)c3)ccc2C(=O)N2CCCCC[C@@H]21. The lowest BCUT2D eigenvalue weighted by Crippen LogP contribution is -2.53. The number of halogens is 3. The Morgan fingerprint density at radius 2 is 1.90 bits per heavy atom. The van der Waals surface area contributed by atoms with Gasteiger partial charge in [0.05, 0.1) is 16.8 Å². The van der Waals surface area contributed by atoms with Gasteiger partial charge < -0.3 is 15.1 Å². The van der Waals surface area contributed by atoms with Crippen LogP contribution in [0.2, 0.25) is 0 Å². The van der Waals surface area contributed by atoms with Crippen LogP contribution in [0.25, 0.3) is 0 Å². The second-order valence-corrected chi connectivity index (χ2v) is 7.70. The number of carbonyl (C=O) groups excluding carboxylic acids is 2. The molecule has 2 heterocycles. The summed E-state index contributed by atoms with van der Waals surface area (Å²) in [5.41, 5.74) is 0.718. The number of benzene rings is 2. The van der Waals surface area contributed by atoms with Crippen LogP contribution in [0.5, 0.6) is 0 Å². The molecule has 8 heteroatoms. The Labute approximate surface area is 172 Å². The largest absolute Gasteiger partial charge is 0.416 e. The third-order valence-corrected chi connectivity index (χ3v) is 5.75. The number of anilines is 2. The first-order valence-corrected chi connectivity index (χ1v) is 9.92. The smallest absolute Gasteiger partial charge is 0.354 e. The van der Waals surface area contributed by atoms with Crippen LogP contribution < -0.4 is 10.2 Å². The summed E-state index contributed by atoms with van der Waals surface area (Å²) in [4.78, 5) is 29.5. The second-order valence-electron chi connectivity index (χ2n) is 7.70. The number of fused-ring (bicyclic) bond motifs is 2. The van der Waals surface area contributed by atoms with Crippen LogP contribution in [0.3, 0.4) is 0 Å². The highest BCUT2D eigenvalue weighted by Gasteiger charge is 2.36. The van der Waals surface area contributed by atoms with Gasteiger partial charge >= 0.3 is 6.18 Å². The minimum Gasteiger partial charge on any atom is -0.354 e. The zero-order chi connectivity index (χ0) is 21.5. The van der Waals surface area contributed by atoms with Crippen molar-refractivity contribution in [3.8, 4) is 0 Å². The molecule has 5 nitrogen and oxygen atoms in total. The van der Waals surface area contributed by atoms with Crippen molar-refractivity contribution in [3.63, 3.8) is 0 Å². The molecule has 1 saturated heterocycles. The molecule has 2 aromatic rings. The van der Waals surface area contributed by atoms with Gasteiger partial charge in [0.1, 0.15) is 6.17 Å². The summed E-state index contributed by atoms with van der Waals surface area (Å²) in [6.45, 7) is 0.713. The Morgan fingerprint density at radius 3 is 2.67 bits per heavy atom. The molecule has 2 aliphatic heterocycles. The molecule has 30 heavy (non-hydrogen) atoms. The molecule has 2 aromatic carbocycles. The van der Waals surface area contributed by atoms with Crippen LogP contribution in [0, 0.1) is 0 Å². The Bertz CT molecular complexity index is 990. The maximum atomic E-state index is 12.9. The van der Waals surface area contributed by atoms with Gasteiger partial charge in [0.2, 0.25) is 0 Å². The first-order valence-electron chi connectivity index (χ1n) is 9.92. The van der Waals surface area contributed by atoms with Gasteiger partial charge in [-0.1, -0.05) is 12.5 Å². The first kappa shape index (κ1) is 20.3. The molecule has 0 unspecified atom stereocenters. The Balaban J connectivity index is 1.60. The van der Waals surface area contributed by atoms with Crippen molar-refractivity contribution in [1.82, 2.24) is 4.90 Å². The van der Waals surface area contributed by atoms with Crippen LogP contribution >= 0.6 is 0 Å². The van der Waals surface area contributed by atoms with Crippen LogP contribution in [0.1, 0.15) is 52.0 Å². The van der Waals surface area contributed by atoms with E-state index in [9.17, 15) is 22.8 Å². The van der Waals surface area contributed by atoms with E-state index in [4.69, 9.17) is 0 Å². The van der Waals surface area contributed by atoms with E-state index in [1.807, 2.05) is 16.8 Å². The molecule has 158 valence electrons. The second kappa shape index (κ2) is 7.66. The number of nitrogens with one attached hydrogen (secondary N) is 1. The zero-order valence-corrected chi connectivity index (χ0v) is 16.5. The fourth-order valence-electron chi connectivity index (χ4n) is 4.17. The number of hydrogen-bond acceptors (Lipinski definition) is 3. The Morgan fingerprint density at radius 1 is 1.10 bits per heavy atom. The summed E-state index contributed by atoms with van der Waals surface area (Å²) in [5.74, 6) is -0.568. The normalized spacial score (nSPS) is 19.1. The summed E-state index contributed by atoms with van der Waals surface area (Å²) in [5, 5.41) is 2.52. The highest BCUT2D eigenvalue weighted by Crippen LogP contribution is 2.35. The number of amides is 2. The third kappa shape index (κ3) is 3.74. The summed E-state index contributed by atoms with van der Waals surface area (Å²) in [7, 11) is 1.91. The van der Waals surface area contributed by atoms with Crippen LogP contribution in [0.4, 0.5) is 24.5 Å². The first-order chi connectivity index (χ1) is 14.3. The van der Waals surface area contributed by atoms with Gasteiger partial charge in [-0.15, -0.1) is 0 Å². The lowest BCUT2D eigenvalue weighted by atomic mass is 10.0. The maximum Gasteiger partial charge on any atom is 0.416 e. The summed E-state index contributed by atoms with van der Waals surface area (Å²) in [6.07, 6.45) is -0.584. The van der Waals surface area contributed by atoms with E-state index in [-0.39, 0.29) is 23.3 Å². The molecule has 0 bridgehead atoms. The number of carbonyl (C=O) groups is 2. The van der Waals surface area contributed by atoms with Gasteiger partial charge in [0.15, 0.2) is 0 Å². The van der Waals surface area contributed by atoms with E-state index >= 15 is 0 Å². The lowest BCUT2D eigenvalue weighted by Gasteiger charge is -2.43. The molecular weight excluding hydrogens is 395 g/mol. The Kier molecular flexibility index (Phi) is 5.17. The molecule has 1 N–H and O–H groups in total. The van der Waals surface area contributed by atoms with Crippen LogP contribution in [0.15, 0.2) is 42.5 Å². The molecule has 1 atom stereocenters. The number of hydrogen-bond donors (Lipinski definition) is 1. The van der Waals surface area contributed by atoms with Crippen molar-refractivity contribution in [1.29, 1.82) is 0 Å². The predicted molar refractivity (Wildman–Crippen MR) is 108 cm³/mol. The highest BCUT2D eigenvalue weighted by molar-refractivity contribution is 6.08. The van der Waals surface area contributed by atoms with Crippen molar-refractivity contribution in [2.24, 2.45) is 0 Å². The maximum absolute atomic E-state index is 12.9. The van der Waals surface area contributed by atoms with Gasteiger partial charge in [-0.2, -0.15) is 13.2 Å². The summed E-state index contributed by atoms with van der Waals surface area (Å²) >= 11 is 0. The molecule has 0 aliphatic carbocycles. The van der Waals surface area contributed by atoms with Gasteiger partial charge in [-0.3, -0.25) is 9.59 Å². The summed E-state index contributed by atoms with van der Waals surface area (Å²) < 4.78 is 38.7. The van der Waals surface area contributed by atoms with Crippen LogP contribution in [-0.4, -0.2) is 36.5 Å². The van der Waals surface area contributed by atoms with E-state index in [0.717, 1.165) is 37.8 Å². The molecule has 0 aromatic heterocycles. The average molecular weight is 417 g/mol. The van der Waals surface area contributed by atoms with E-state index in [1.165, 1.54) is 18.2 Å². The number of alkyl halides is 3. The molecule has 0 radical (unpaired) electrons. The zero-order valence-electron chi connectivity index (χ0n) is 16.5. The van der Waals surface area contributed by atoms with E-state index < -0.39 is 17.6 Å². The monoisotopic (exact) mass is 417 g/mol. The number of nitrogens with zero attached hydrogens (tertiary/aromatic N) is 2. The molecule has 0 saturated carbocycles. The highest BCUT2D eigenvalue weighted by atomic mass is 19.4. The molecule has 2 amide bonds. The van der Waals surface area contributed by atoms with Crippen molar-refractivity contribution in [2.45, 2.75) is 38.0 Å². The van der Waals surface area contributed by atoms with Gasteiger partial charge in [0, 0.05) is 24.8 Å². The lowest BCUT2D eigenvalue weighted by molar-refractivity contribution is -0.137. The Hall–Kier alpha value is -3.03. The van der Waals surface area contributed by atoms with Gasteiger partial charge in [-0.05, 0) is 55.7 Å². The molecule has 0 spiro atoms. The van der Waals surface area contributed by atoms with E-state index in [2.05, 4.69) is 5.32 Å². The fraction of sp³-hybridized carbons (Fsp3) is 0.364. The minimum absolute atomic E-state index is 0.0418. The van der Waals surface area contributed by atoms with Crippen molar-refractivity contribution in [2.75, 3.05) is 23.8 Å². The van der Waals surface area contributed by atoms with Crippen LogP contribution in [-0.2, 0) is 6.18 Å². The molecule has 4 rings (SSSR count). The molecule has 2 aliphatic rings. The van der Waals surface area contributed by atoms with Gasteiger partial charge in [0.25, 0.3) is 11.8 Å². The quantitative estimate of drug-likeness (QED) is 0.767. The standard InChI is InChI=1S/C22H22F3N3O2/c1-27-18-12-14(20(29)26-16-7-5-6-15(13-16)22(23,24)25)9-10-17(18)21(30)28-11-4-2-3-8-19(27)28/h5-7,9-10,12-13,19H,2-4,8,11H2,1H3,(H,26,29)/t19-/m1/s1. The predicted octanol–water partition coefficient (Wildman–Crippen LogP) is 4.75. The van der Waals surface area contributed by atoms with Crippen molar-refractivity contribution < 1.29 is 22.8 Å². The third-order valence-electron chi connectivity index (χ3n) is 5.75. The van der Waals surface area contributed by atoms with Crippen molar-refractivity contribution in [3.05, 3.63) is 59.2 Å². The fourth-order valence-corrected chi connectivity index (χ4v) is 4.17. The molecule has 1 fully saturated rings. The average Bonchev–Trinajstić information content (AvgIpc) is 2.98. The minimum atomic E-state index is -4.49. The number of rotatable bonds is 2. The molecular formula is C22H22F3N3O2. The topological polar surface area (TPSA) is 52.7 Å². The van der Waals surface area contributed by atoms with Gasteiger partial charge in [-0.25, -0.2) is 0 Å². The van der Waals surface area contributed by atoms with E-state index in [1.54, 1.807) is 12.1 Å². The van der Waals surface area contributed by atoms with E-state index in [0.29, 0.717) is 17.8 Å². The summed E-state index contributed by atoms with van der Waals surface area (Å²) in [6, 6.07) is 9.30.